The van der Waals surface area contributed by atoms with Gasteiger partial charge in [-0.25, -0.2) is 4.52 Å². The molecule has 2 aromatic carbocycles. The number of piperazine rings is 2. The van der Waals surface area contributed by atoms with Crippen molar-refractivity contribution in [1.29, 1.82) is 0 Å². The van der Waals surface area contributed by atoms with Crippen LogP contribution in [0.15, 0.2) is 79.1 Å². The summed E-state index contributed by atoms with van der Waals surface area (Å²) in [7, 11) is 0. The molecule has 0 spiro atoms. The molecule has 1 amide bonds. The number of hydrogen-bond donors (Lipinski definition) is 0. The topological polar surface area (TPSA) is 47.3 Å². The minimum absolute atomic E-state index is 0.0670. The summed E-state index contributed by atoms with van der Waals surface area (Å²) < 4.78 is 44.6. The van der Waals surface area contributed by atoms with E-state index in [2.05, 4.69) is 16.1 Å². The van der Waals surface area contributed by atoms with Crippen molar-refractivity contribution in [2.45, 2.75) is 31.6 Å². The van der Waals surface area contributed by atoms with Gasteiger partial charge in [0.25, 0.3) is 0 Å². The Morgan fingerprint density at radius 2 is 1.60 bits per heavy atom. The van der Waals surface area contributed by atoms with Crippen LogP contribution in [-0.2, 0) is 11.3 Å². The Kier molecular flexibility index (Phi) is 7.25. The van der Waals surface area contributed by atoms with E-state index in [0.29, 0.717) is 31.2 Å². The van der Waals surface area contributed by atoms with E-state index in [1.807, 2.05) is 69.0 Å². The van der Waals surface area contributed by atoms with E-state index >= 15 is 0 Å². The third-order valence-corrected chi connectivity index (χ3v) is 8.97. The van der Waals surface area contributed by atoms with Crippen LogP contribution in [0.2, 0.25) is 0 Å². The molecule has 7 nitrogen and oxygen atoms in total. The molecule has 10 heteroatoms. The van der Waals surface area contributed by atoms with Crippen molar-refractivity contribution in [3.63, 3.8) is 0 Å². The van der Waals surface area contributed by atoms with Crippen LogP contribution in [-0.4, -0.2) is 83.4 Å². The smallest absolute Gasteiger partial charge is 0.366 e. The molecule has 1 aliphatic carbocycles. The van der Waals surface area contributed by atoms with Gasteiger partial charge in [-0.15, -0.1) is 0 Å². The first kappa shape index (κ1) is 27.8. The minimum atomic E-state index is -4.34. The predicted molar refractivity (Wildman–Crippen MR) is 161 cm³/mol. The van der Waals surface area contributed by atoms with E-state index in [1.165, 1.54) is 4.90 Å². The monoisotopic (exact) mass is 588 g/mol. The van der Waals surface area contributed by atoms with Crippen LogP contribution >= 0.6 is 0 Å². The van der Waals surface area contributed by atoms with Gasteiger partial charge in [0.2, 0.25) is 5.91 Å². The quantitative estimate of drug-likeness (QED) is 0.306. The van der Waals surface area contributed by atoms with Gasteiger partial charge in [-0.2, -0.15) is 18.3 Å². The molecule has 1 saturated carbocycles. The summed E-state index contributed by atoms with van der Waals surface area (Å²) in [6.45, 7) is 4.29. The molecule has 0 bridgehead atoms. The average Bonchev–Trinajstić information content (AvgIpc) is 3.78. The fourth-order valence-electron chi connectivity index (χ4n) is 6.44. The number of amides is 1. The molecule has 2 aromatic heterocycles. The zero-order valence-corrected chi connectivity index (χ0v) is 24.0. The molecule has 7 rings (SSSR count). The van der Waals surface area contributed by atoms with Gasteiger partial charge in [-0.3, -0.25) is 9.69 Å². The molecule has 224 valence electrons. The maximum absolute atomic E-state index is 14.2. The molecule has 3 fully saturated rings. The van der Waals surface area contributed by atoms with E-state index in [1.54, 1.807) is 18.3 Å². The standard InChI is InChI=1S/C33H35F3N6O/c34-33(35,36)31-23-38(21-24-4-2-1-3-5-24)14-19-41(31)28-10-8-25(9-11-28)27-20-30-29(12-13-37-42(30)22-27)39-15-17-40(18-16-39)32(43)26-6-7-26/h1-5,8-13,20,22,26,31H,6-7,14-19,21,23H2. The first-order chi connectivity index (χ1) is 20.8. The van der Waals surface area contributed by atoms with E-state index in [9.17, 15) is 18.0 Å². The van der Waals surface area contributed by atoms with Crippen LogP contribution < -0.4 is 9.80 Å². The summed E-state index contributed by atoms with van der Waals surface area (Å²) in [5.41, 5.74) is 5.50. The lowest BCUT2D eigenvalue weighted by molar-refractivity contribution is -0.157. The maximum Gasteiger partial charge on any atom is 0.409 e. The molecule has 1 atom stereocenters. The molecule has 4 aromatic rings. The summed E-state index contributed by atoms with van der Waals surface area (Å²) in [4.78, 5) is 20.2. The Bertz CT molecular complexity index is 1580. The molecule has 2 aliphatic heterocycles. The van der Waals surface area contributed by atoms with Gasteiger partial charge in [0, 0.05) is 81.9 Å². The van der Waals surface area contributed by atoms with Gasteiger partial charge in [0.1, 0.15) is 6.04 Å². The van der Waals surface area contributed by atoms with Crippen molar-refractivity contribution < 1.29 is 18.0 Å². The number of hydrogen-bond acceptors (Lipinski definition) is 5. The van der Waals surface area contributed by atoms with Crippen molar-refractivity contribution in [3.8, 4) is 11.1 Å². The van der Waals surface area contributed by atoms with Gasteiger partial charge in [0.05, 0.1) is 11.2 Å². The van der Waals surface area contributed by atoms with Gasteiger partial charge in [0.15, 0.2) is 0 Å². The van der Waals surface area contributed by atoms with Crippen LogP contribution in [0.3, 0.4) is 0 Å². The molecule has 2 saturated heterocycles. The van der Waals surface area contributed by atoms with Crippen LogP contribution in [0.25, 0.3) is 16.6 Å². The number of halogens is 3. The summed E-state index contributed by atoms with van der Waals surface area (Å²) in [5, 5.41) is 4.51. The van der Waals surface area contributed by atoms with E-state index in [0.717, 1.165) is 66.9 Å². The molecular weight excluding hydrogens is 553 g/mol. The second-order valence-electron chi connectivity index (χ2n) is 11.9. The third kappa shape index (κ3) is 5.80. The largest absolute Gasteiger partial charge is 0.409 e. The normalized spacial score (nSPS) is 20.2. The Hall–Kier alpha value is -4.05. The number of nitrogens with zero attached hydrogens (tertiary/aromatic N) is 6. The predicted octanol–water partition coefficient (Wildman–Crippen LogP) is 5.31. The second-order valence-corrected chi connectivity index (χ2v) is 11.9. The number of alkyl halides is 3. The molecule has 43 heavy (non-hydrogen) atoms. The van der Waals surface area contributed by atoms with Crippen molar-refractivity contribution in [2.24, 2.45) is 5.92 Å². The zero-order valence-electron chi connectivity index (χ0n) is 24.0. The molecule has 3 aliphatic rings. The first-order valence-corrected chi connectivity index (χ1v) is 15.0. The minimum Gasteiger partial charge on any atom is -0.366 e. The Balaban J connectivity index is 1.07. The third-order valence-electron chi connectivity index (χ3n) is 8.97. The second kappa shape index (κ2) is 11.2. The van der Waals surface area contributed by atoms with Crippen LogP contribution in [0, 0.1) is 5.92 Å². The molecule has 4 heterocycles. The summed E-state index contributed by atoms with van der Waals surface area (Å²) in [6, 6.07) is 19.6. The Labute approximate surface area is 249 Å². The van der Waals surface area contributed by atoms with Crippen LogP contribution in [0.1, 0.15) is 18.4 Å². The summed E-state index contributed by atoms with van der Waals surface area (Å²) in [6.07, 6.45) is 1.44. The summed E-state index contributed by atoms with van der Waals surface area (Å²) >= 11 is 0. The number of carbonyl (C=O) groups is 1. The SMILES string of the molecule is O=C(C1CC1)N1CCN(c2ccnn3cc(-c4ccc(N5CCN(Cc6ccccc6)CC5C(F)(F)F)cc4)cc23)CC1. The average molecular weight is 589 g/mol. The molecule has 0 N–H and O–H groups in total. The van der Waals surface area contributed by atoms with Crippen LogP contribution in [0.5, 0.6) is 0 Å². The zero-order chi connectivity index (χ0) is 29.6. The molecule has 1 unspecified atom stereocenters. The fraction of sp³-hybridized carbons (Fsp3) is 0.394. The van der Waals surface area contributed by atoms with Gasteiger partial charge in [-0.05, 0) is 48.2 Å². The summed E-state index contributed by atoms with van der Waals surface area (Å²) in [5.74, 6) is 0.533. The van der Waals surface area contributed by atoms with E-state index in [4.69, 9.17) is 0 Å². The lowest BCUT2D eigenvalue weighted by atomic mass is 10.1. The first-order valence-electron chi connectivity index (χ1n) is 15.0. The van der Waals surface area contributed by atoms with Crippen molar-refractivity contribution in [2.75, 3.05) is 55.6 Å². The number of aromatic nitrogens is 2. The van der Waals surface area contributed by atoms with E-state index < -0.39 is 12.2 Å². The van der Waals surface area contributed by atoms with Gasteiger partial charge >= 0.3 is 6.18 Å². The maximum atomic E-state index is 14.2. The van der Waals surface area contributed by atoms with Gasteiger partial charge in [-0.1, -0.05) is 42.5 Å². The fourth-order valence-corrected chi connectivity index (χ4v) is 6.44. The van der Waals surface area contributed by atoms with Crippen molar-refractivity contribution in [1.82, 2.24) is 19.4 Å². The van der Waals surface area contributed by atoms with Crippen molar-refractivity contribution in [3.05, 3.63) is 84.7 Å². The Morgan fingerprint density at radius 3 is 2.30 bits per heavy atom. The number of benzene rings is 2. The number of anilines is 2. The number of rotatable bonds is 6. The highest BCUT2D eigenvalue weighted by Gasteiger charge is 2.46. The van der Waals surface area contributed by atoms with Gasteiger partial charge < -0.3 is 14.7 Å². The highest BCUT2D eigenvalue weighted by molar-refractivity contribution is 5.82. The van der Waals surface area contributed by atoms with E-state index in [-0.39, 0.29) is 12.5 Å². The highest BCUT2D eigenvalue weighted by atomic mass is 19.4. The molecule has 0 radical (unpaired) electrons. The number of carbonyl (C=O) groups excluding carboxylic acids is 1. The van der Waals surface area contributed by atoms with Crippen LogP contribution in [0.4, 0.5) is 24.5 Å². The lowest BCUT2D eigenvalue weighted by Gasteiger charge is -2.43. The number of fused-ring (bicyclic) bond motifs is 1. The van der Waals surface area contributed by atoms with Crippen molar-refractivity contribution >= 4 is 22.8 Å². The molecular formula is C33H35F3N6O. The Morgan fingerprint density at radius 1 is 0.860 bits per heavy atom. The lowest BCUT2D eigenvalue weighted by Crippen LogP contribution is -2.59. The highest BCUT2D eigenvalue weighted by Crippen LogP contribution is 2.35.